The van der Waals surface area contributed by atoms with E-state index in [1.807, 2.05) is 0 Å². The summed E-state index contributed by atoms with van der Waals surface area (Å²) >= 11 is 0. The Balaban J connectivity index is 2.19. The van der Waals surface area contributed by atoms with Crippen molar-refractivity contribution in [3.05, 3.63) is 36.2 Å². The van der Waals surface area contributed by atoms with Gasteiger partial charge in [-0.2, -0.15) is 27.6 Å². The number of aromatic nitrogens is 4. The SMILES string of the molecule is CC(Cn1cncn1)Nc1c(F)c(F)nc(F)c1F. The van der Waals surface area contributed by atoms with Crippen LogP contribution in [0.4, 0.5) is 23.2 Å². The molecule has 1 unspecified atom stereocenters. The lowest BCUT2D eigenvalue weighted by molar-refractivity contribution is 0.408. The van der Waals surface area contributed by atoms with E-state index in [2.05, 4.69) is 20.4 Å². The Labute approximate surface area is 105 Å². The zero-order chi connectivity index (χ0) is 14.0. The summed E-state index contributed by atoms with van der Waals surface area (Å²) in [6.45, 7) is 1.78. The number of pyridine rings is 1. The summed E-state index contributed by atoms with van der Waals surface area (Å²) in [7, 11) is 0. The van der Waals surface area contributed by atoms with Crippen molar-refractivity contribution in [1.29, 1.82) is 0 Å². The minimum Gasteiger partial charge on any atom is -0.376 e. The van der Waals surface area contributed by atoms with Crippen LogP contribution in [0.3, 0.4) is 0 Å². The third kappa shape index (κ3) is 2.80. The van der Waals surface area contributed by atoms with Crippen LogP contribution in [0.5, 0.6) is 0 Å². The van der Waals surface area contributed by atoms with Gasteiger partial charge in [-0.15, -0.1) is 0 Å². The fraction of sp³-hybridized carbons (Fsp3) is 0.300. The second-order valence-electron chi connectivity index (χ2n) is 3.86. The monoisotopic (exact) mass is 275 g/mol. The Kier molecular flexibility index (Phi) is 3.63. The smallest absolute Gasteiger partial charge is 0.253 e. The second kappa shape index (κ2) is 5.21. The van der Waals surface area contributed by atoms with E-state index in [1.54, 1.807) is 6.92 Å². The van der Waals surface area contributed by atoms with E-state index in [0.717, 1.165) is 0 Å². The number of nitrogens with one attached hydrogen (secondary N) is 1. The van der Waals surface area contributed by atoms with Crippen LogP contribution >= 0.6 is 0 Å². The quantitative estimate of drug-likeness (QED) is 0.682. The van der Waals surface area contributed by atoms with Crippen LogP contribution in [0, 0.1) is 23.5 Å². The van der Waals surface area contributed by atoms with E-state index in [-0.39, 0.29) is 6.54 Å². The van der Waals surface area contributed by atoms with Crippen LogP contribution in [0.2, 0.25) is 0 Å². The minimum absolute atomic E-state index is 0.213. The van der Waals surface area contributed by atoms with Gasteiger partial charge in [0, 0.05) is 6.04 Å². The Morgan fingerprint density at radius 1 is 1.21 bits per heavy atom. The molecule has 0 fully saturated rings. The first-order chi connectivity index (χ1) is 8.99. The summed E-state index contributed by atoms with van der Waals surface area (Å²) in [5.74, 6) is -6.53. The average Bonchev–Trinajstić information content (AvgIpc) is 2.85. The number of hydrogen-bond donors (Lipinski definition) is 1. The largest absolute Gasteiger partial charge is 0.376 e. The van der Waals surface area contributed by atoms with Gasteiger partial charge < -0.3 is 5.32 Å². The van der Waals surface area contributed by atoms with Crippen molar-refractivity contribution in [3.63, 3.8) is 0 Å². The zero-order valence-corrected chi connectivity index (χ0v) is 9.74. The molecule has 2 heterocycles. The molecule has 0 saturated carbocycles. The third-order valence-corrected chi connectivity index (χ3v) is 2.32. The predicted molar refractivity (Wildman–Crippen MR) is 57.2 cm³/mol. The maximum absolute atomic E-state index is 13.3. The molecule has 0 bridgehead atoms. The highest BCUT2D eigenvalue weighted by Gasteiger charge is 2.21. The number of rotatable bonds is 4. The van der Waals surface area contributed by atoms with Crippen LogP contribution in [-0.2, 0) is 6.54 Å². The van der Waals surface area contributed by atoms with Crippen LogP contribution in [0.1, 0.15) is 6.92 Å². The number of nitrogens with zero attached hydrogens (tertiary/aromatic N) is 4. The normalized spacial score (nSPS) is 12.5. The van der Waals surface area contributed by atoms with Gasteiger partial charge in [0.05, 0.1) is 6.54 Å². The summed E-state index contributed by atoms with van der Waals surface area (Å²) in [5, 5.41) is 6.14. The van der Waals surface area contributed by atoms with E-state index >= 15 is 0 Å². The summed E-state index contributed by atoms with van der Waals surface area (Å²) in [5.41, 5.74) is -0.891. The van der Waals surface area contributed by atoms with Gasteiger partial charge in [-0.25, -0.2) is 4.98 Å². The number of anilines is 1. The fourth-order valence-electron chi connectivity index (χ4n) is 1.51. The molecule has 0 aromatic carbocycles. The maximum atomic E-state index is 13.3. The van der Waals surface area contributed by atoms with Gasteiger partial charge in [-0.1, -0.05) is 0 Å². The number of halogens is 4. The van der Waals surface area contributed by atoms with E-state index in [9.17, 15) is 17.6 Å². The van der Waals surface area contributed by atoms with E-state index < -0.39 is 35.3 Å². The van der Waals surface area contributed by atoms with Crippen LogP contribution < -0.4 is 5.32 Å². The van der Waals surface area contributed by atoms with Crippen molar-refractivity contribution < 1.29 is 17.6 Å². The first kappa shape index (κ1) is 13.2. The summed E-state index contributed by atoms with van der Waals surface area (Å²) < 4.78 is 53.9. The molecule has 102 valence electrons. The van der Waals surface area contributed by atoms with E-state index in [0.29, 0.717) is 0 Å². The Morgan fingerprint density at radius 2 is 1.84 bits per heavy atom. The Morgan fingerprint density at radius 3 is 2.37 bits per heavy atom. The molecule has 5 nitrogen and oxygen atoms in total. The molecule has 0 spiro atoms. The molecular weight excluding hydrogens is 266 g/mol. The first-order valence-electron chi connectivity index (χ1n) is 5.28. The lowest BCUT2D eigenvalue weighted by atomic mass is 10.3. The topological polar surface area (TPSA) is 55.6 Å². The molecule has 0 aliphatic heterocycles. The van der Waals surface area contributed by atoms with Crippen LogP contribution in [0.15, 0.2) is 12.7 Å². The highest BCUT2D eigenvalue weighted by Crippen LogP contribution is 2.22. The fourth-order valence-corrected chi connectivity index (χ4v) is 1.51. The molecule has 1 atom stereocenters. The van der Waals surface area contributed by atoms with Crippen molar-refractivity contribution in [2.75, 3.05) is 5.32 Å². The Hall–Kier alpha value is -2.19. The highest BCUT2D eigenvalue weighted by molar-refractivity contribution is 5.46. The van der Waals surface area contributed by atoms with Crippen molar-refractivity contribution in [2.24, 2.45) is 0 Å². The molecule has 19 heavy (non-hydrogen) atoms. The molecule has 2 rings (SSSR count). The lowest BCUT2D eigenvalue weighted by Crippen LogP contribution is -2.24. The highest BCUT2D eigenvalue weighted by atomic mass is 19.2. The predicted octanol–water partition coefficient (Wildman–Crippen LogP) is 1.73. The molecule has 1 N–H and O–H groups in total. The van der Waals surface area contributed by atoms with Gasteiger partial charge in [-0.05, 0) is 6.92 Å². The molecule has 9 heteroatoms. The van der Waals surface area contributed by atoms with Crippen molar-refractivity contribution in [3.8, 4) is 0 Å². The van der Waals surface area contributed by atoms with Crippen molar-refractivity contribution >= 4 is 5.69 Å². The summed E-state index contributed by atoms with van der Waals surface area (Å²) in [4.78, 5) is 6.16. The van der Waals surface area contributed by atoms with Gasteiger partial charge in [0.2, 0.25) is 11.6 Å². The molecule has 0 radical (unpaired) electrons. The molecule has 0 saturated heterocycles. The molecular formula is C10H9F4N5. The maximum Gasteiger partial charge on any atom is 0.253 e. The number of hydrogen-bond acceptors (Lipinski definition) is 4. The lowest BCUT2D eigenvalue weighted by Gasteiger charge is -2.16. The standard InChI is InChI=1S/C10H9F4N5/c1-5(2-19-4-15-3-16-19)17-8-6(11)9(13)18-10(14)7(8)12/h3-5H,2H2,1H3,(H,17,18). The molecule has 0 aliphatic carbocycles. The molecule has 0 amide bonds. The van der Waals surface area contributed by atoms with E-state index in [1.165, 1.54) is 17.3 Å². The Bertz CT molecular complexity index is 546. The molecule has 0 aliphatic rings. The second-order valence-corrected chi connectivity index (χ2v) is 3.86. The minimum atomic E-state index is -1.70. The third-order valence-electron chi connectivity index (χ3n) is 2.32. The van der Waals surface area contributed by atoms with Gasteiger partial charge in [-0.3, -0.25) is 4.68 Å². The van der Waals surface area contributed by atoms with Gasteiger partial charge >= 0.3 is 0 Å². The van der Waals surface area contributed by atoms with Gasteiger partial charge in [0.1, 0.15) is 18.3 Å². The average molecular weight is 275 g/mol. The van der Waals surface area contributed by atoms with Crippen molar-refractivity contribution in [2.45, 2.75) is 19.5 Å². The van der Waals surface area contributed by atoms with Gasteiger partial charge in [0.25, 0.3) is 11.9 Å². The molecule has 2 aromatic rings. The van der Waals surface area contributed by atoms with Gasteiger partial charge in [0.15, 0.2) is 0 Å². The van der Waals surface area contributed by atoms with Crippen LogP contribution in [0.25, 0.3) is 0 Å². The zero-order valence-electron chi connectivity index (χ0n) is 9.74. The molecule has 2 aromatic heterocycles. The van der Waals surface area contributed by atoms with E-state index in [4.69, 9.17) is 0 Å². The van der Waals surface area contributed by atoms with Crippen LogP contribution in [-0.4, -0.2) is 25.8 Å². The first-order valence-corrected chi connectivity index (χ1v) is 5.28. The summed E-state index contributed by atoms with van der Waals surface area (Å²) in [6, 6.07) is -0.535. The van der Waals surface area contributed by atoms with Crippen molar-refractivity contribution in [1.82, 2.24) is 19.7 Å². The summed E-state index contributed by atoms with van der Waals surface area (Å²) in [6.07, 6.45) is 2.69.